The summed E-state index contributed by atoms with van der Waals surface area (Å²) in [6, 6.07) is 0. The molecule has 0 spiro atoms. The molecule has 0 aromatic rings. The number of rotatable bonds is 6. The molecule has 0 saturated heterocycles. The molecule has 0 rings (SSSR count). The average Bonchev–Trinajstić information content (AvgIpc) is 2.23. The van der Waals surface area contributed by atoms with Crippen LogP contribution in [0.2, 0.25) is 0 Å². The molecular weight excluding hydrogens is 251 g/mol. The Hall–Kier alpha value is 0.266. The third-order valence-electron chi connectivity index (χ3n) is 1.22. The summed E-state index contributed by atoms with van der Waals surface area (Å²) in [5.74, 6) is 0. The van der Waals surface area contributed by atoms with Crippen molar-refractivity contribution < 1.29 is 16.8 Å². The third-order valence-corrected chi connectivity index (χ3v) is 1.22. The topological polar surface area (TPSA) is 156 Å². The smallest absolute Gasteiger partial charge is 0 e. The first-order chi connectivity index (χ1) is 7.24. The van der Waals surface area contributed by atoms with Crippen LogP contribution in [0.25, 0.3) is 0 Å². The Balaban J connectivity index is -0.0000000655. The van der Waals surface area contributed by atoms with Crippen molar-refractivity contribution in [2.24, 2.45) is 34.4 Å². The van der Waals surface area contributed by atoms with Crippen LogP contribution in [0.3, 0.4) is 0 Å². The maximum Gasteiger partial charge on any atom is 0 e. The normalized spacial score (nSPS) is 7.88. The summed E-state index contributed by atoms with van der Waals surface area (Å²) in [7, 11) is 0. The molecular formula is C9H30CoN6. The molecule has 0 aliphatic carbocycles. The Bertz CT molecular complexity index is 56.8. The van der Waals surface area contributed by atoms with Crippen molar-refractivity contribution in [2.45, 2.75) is 19.3 Å². The van der Waals surface area contributed by atoms with Crippen LogP contribution in [0, 0.1) is 0 Å². The quantitative estimate of drug-likeness (QED) is 0.327. The van der Waals surface area contributed by atoms with Gasteiger partial charge in [-0.2, -0.15) is 0 Å². The Morgan fingerprint density at radius 3 is 0.500 bits per heavy atom. The van der Waals surface area contributed by atoms with Crippen LogP contribution < -0.4 is 34.4 Å². The first kappa shape index (κ1) is 25.2. The molecule has 0 aromatic carbocycles. The maximum absolute atomic E-state index is 5.06. The van der Waals surface area contributed by atoms with Crippen LogP contribution in [-0.4, -0.2) is 39.3 Å². The predicted octanol–water partition coefficient (Wildman–Crippen LogP) is -2.12. The van der Waals surface area contributed by atoms with E-state index in [1.165, 1.54) is 0 Å². The van der Waals surface area contributed by atoms with Gasteiger partial charge in [-0.05, 0) is 58.5 Å². The van der Waals surface area contributed by atoms with Crippen molar-refractivity contribution in [1.82, 2.24) is 0 Å². The molecule has 7 heteroatoms. The van der Waals surface area contributed by atoms with Crippen molar-refractivity contribution in [1.29, 1.82) is 0 Å². The van der Waals surface area contributed by atoms with E-state index in [1.807, 2.05) is 0 Å². The molecule has 0 aromatic heterocycles. The summed E-state index contributed by atoms with van der Waals surface area (Å²) in [5.41, 5.74) is 30.4. The van der Waals surface area contributed by atoms with Crippen molar-refractivity contribution in [3.05, 3.63) is 0 Å². The Morgan fingerprint density at radius 1 is 0.375 bits per heavy atom. The van der Waals surface area contributed by atoms with E-state index in [9.17, 15) is 0 Å². The summed E-state index contributed by atoms with van der Waals surface area (Å²) >= 11 is 0. The second kappa shape index (κ2) is 36.2. The zero-order valence-corrected chi connectivity index (χ0v) is 11.2. The van der Waals surface area contributed by atoms with Gasteiger partial charge in [0.15, 0.2) is 0 Å². The molecule has 0 aliphatic heterocycles. The van der Waals surface area contributed by atoms with Gasteiger partial charge >= 0.3 is 0 Å². The fraction of sp³-hybridized carbons (Fsp3) is 1.00. The van der Waals surface area contributed by atoms with E-state index in [0.29, 0.717) is 0 Å². The molecule has 0 atom stereocenters. The molecule has 0 aliphatic rings. The van der Waals surface area contributed by atoms with Gasteiger partial charge in [-0.1, -0.05) is 0 Å². The monoisotopic (exact) mass is 281 g/mol. The molecule has 0 amide bonds. The molecule has 12 N–H and O–H groups in total. The van der Waals surface area contributed by atoms with Gasteiger partial charge in [0.25, 0.3) is 0 Å². The van der Waals surface area contributed by atoms with Crippen LogP contribution >= 0.6 is 0 Å². The zero-order chi connectivity index (χ0) is 12.4. The van der Waals surface area contributed by atoms with Crippen LogP contribution in [0.5, 0.6) is 0 Å². The fourth-order valence-electron chi connectivity index (χ4n) is 0.354. The van der Waals surface area contributed by atoms with Gasteiger partial charge < -0.3 is 34.4 Å². The summed E-state index contributed by atoms with van der Waals surface area (Å²) in [4.78, 5) is 0. The van der Waals surface area contributed by atoms with E-state index >= 15 is 0 Å². The second-order valence-corrected chi connectivity index (χ2v) is 2.79. The zero-order valence-electron chi connectivity index (χ0n) is 10.2. The second-order valence-electron chi connectivity index (χ2n) is 2.79. The third kappa shape index (κ3) is 63.9. The summed E-state index contributed by atoms with van der Waals surface area (Å²) in [6.45, 7) is 4.31. The van der Waals surface area contributed by atoms with E-state index in [-0.39, 0.29) is 16.8 Å². The van der Waals surface area contributed by atoms with E-state index in [0.717, 1.165) is 58.5 Å². The Kier molecular flexibility index (Phi) is 57.0. The summed E-state index contributed by atoms with van der Waals surface area (Å²) < 4.78 is 0. The molecule has 0 heterocycles. The average molecular weight is 281 g/mol. The first-order valence-electron chi connectivity index (χ1n) is 5.45. The fourth-order valence-corrected chi connectivity index (χ4v) is 0.354. The first-order valence-corrected chi connectivity index (χ1v) is 5.45. The van der Waals surface area contributed by atoms with Crippen molar-refractivity contribution in [3.63, 3.8) is 0 Å². The van der Waals surface area contributed by atoms with Crippen molar-refractivity contribution in [3.8, 4) is 0 Å². The van der Waals surface area contributed by atoms with Gasteiger partial charge in [-0.15, -0.1) is 0 Å². The number of hydrogen-bond acceptors (Lipinski definition) is 6. The Morgan fingerprint density at radius 2 is 0.500 bits per heavy atom. The van der Waals surface area contributed by atoms with Crippen LogP contribution in [0.15, 0.2) is 0 Å². The predicted molar refractivity (Wildman–Crippen MR) is 68.2 cm³/mol. The number of hydrogen-bond donors (Lipinski definition) is 6. The molecule has 105 valence electrons. The van der Waals surface area contributed by atoms with Gasteiger partial charge in [0.05, 0.1) is 0 Å². The van der Waals surface area contributed by atoms with Crippen molar-refractivity contribution in [2.75, 3.05) is 39.3 Å². The van der Waals surface area contributed by atoms with Crippen LogP contribution in [0.1, 0.15) is 19.3 Å². The Labute approximate surface area is 110 Å². The van der Waals surface area contributed by atoms with Gasteiger partial charge in [-0.25, -0.2) is 0 Å². The molecule has 16 heavy (non-hydrogen) atoms. The van der Waals surface area contributed by atoms with E-state index in [4.69, 9.17) is 34.4 Å². The number of nitrogens with two attached hydrogens (primary N) is 6. The van der Waals surface area contributed by atoms with E-state index < -0.39 is 0 Å². The van der Waals surface area contributed by atoms with Crippen LogP contribution in [-0.2, 0) is 16.8 Å². The molecule has 0 unspecified atom stereocenters. The van der Waals surface area contributed by atoms with Gasteiger partial charge in [0, 0.05) is 16.8 Å². The molecule has 1 radical (unpaired) electrons. The minimum atomic E-state index is 0. The molecule has 6 nitrogen and oxygen atoms in total. The molecule has 0 fully saturated rings. The maximum atomic E-state index is 5.06. The van der Waals surface area contributed by atoms with Gasteiger partial charge in [0.2, 0.25) is 0 Å². The van der Waals surface area contributed by atoms with E-state index in [1.54, 1.807) is 0 Å². The minimum Gasteiger partial charge on any atom is -0.330 e. The largest absolute Gasteiger partial charge is 0.330 e. The van der Waals surface area contributed by atoms with Crippen molar-refractivity contribution >= 4 is 0 Å². The minimum absolute atomic E-state index is 0. The summed E-state index contributed by atoms with van der Waals surface area (Å²) in [5, 5.41) is 0. The summed E-state index contributed by atoms with van der Waals surface area (Å²) in [6.07, 6.45) is 2.83. The molecule has 0 saturated carbocycles. The van der Waals surface area contributed by atoms with Gasteiger partial charge in [-0.3, -0.25) is 0 Å². The van der Waals surface area contributed by atoms with Gasteiger partial charge in [0.1, 0.15) is 0 Å². The SMILES string of the molecule is NCCCN.NCCCN.NCCCN.[Co]. The molecule has 0 bridgehead atoms. The van der Waals surface area contributed by atoms with E-state index in [2.05, 4.69) is 0 Å². The standard InChI is InChI=1S/3C3H10N2.Co/c3*4-2-1-3-5;/h3*1-5H2;. The van der Waals surface area contributed by atoms with Crippen LogP contribution in [0.4, 0.5) is 0 Å².